The lowest BCUT2D eigenvalue weighted by Crippen LogP contribution is -2.17. The number of thiophene rings is 1. The molecule has 150 valence electrons. The van der Waals surface area contributed by atoms with Crippen LogP contribution in [0.5, 0.6) is 0 Å². The van der Waals surface area contributed by atoms with Crippen molar-refractivity contribution in [3.05, 3.63) is 34.5 Å². The lowest BCUT2D eigenvalue weighted by molar-refractivity contribution is -0.113. The number of aryl methyl sites for hydroxylation is 2. The van der Waals surface area contributed by atoms with Crippen LogP contribution >= 0.6 is 23.1 Å². The van der Waals surface area contributed by atoms with Gasteiger partial charge >= 0.3 is 5.97 Å². The number of nitrogens with zero attached hydrogens (tertiary/aromatic N) is 3. The number of thioether (sulfide) groups is 1. The van der Waals surface area contributed by atoms with Gasteiger partial charge in [-0.05, 0) is 45.1 Å². The second-order valence-corrected chi connectivity index (χ2v) is 8.45. The Morgan fingerprint density at radius 1 is 1.36 bits per heavy atom. The molecule has 7 nitrogen and oxygen atoms in total. The number of rotatable bonds is 8. The first-order valence-electron chi connectivity index (χ1n) is 9.30. The van der Waals surface area contributed by atoms with E-state index >= 15 is 0 Å². The molecule has 0 atom stereocenters. The van der Waals surface area contributed by atoms with Crippen LogP contribution < -0.4 is 5.32 Å². The van der Waals surface area contributed by atoms with Crippen molar-refractivity contribution in [3.8, 4) is 0 Å². The molecule has 2 heterocycles. The zero-order valence-electron chi connectivity index (χ0n) is 16.1. The van der Waals surface area contributed by atoms with Crippen molar-refractivity contribution in [1.82, 2.24) is 14.8 Å². The molecule has 0 saturated carbocycles. The summed E-state index contributed by atoms with van der Waals surface area (Å²) in [5, 5.41) is 12.3. The minimum absolute atomic E-state index is 0.181. The first-order valence-corrected chi connectivity index (χ1v) is 11.1. The van der Waals surface area contributed by atoms with E-state index in [2.05, 4.69) is 22.1 Å². The van der Waals surface area contributed by atoms with E-state index < -0.39 is 0 Å². The molecule has 3 rings (SSSR count). The second-order valence-electron chi connectivity index (χ2n) is 6.40. The first kappa shape index (κ1) is 20.6. The van der Waals surface area contributed by atoms with Gasteiger partial charge < -0.3 is 14.6 Å². The van der Waals surface area contributed by atoms with Gasteiger partial charge in [-0.2, -0.15) is 0 Å². The number of amides is 1. The highest BCUT2D eigenvalue weighted by Crippen LogP contribution is 2.38. The third-order valence-corrected chi connectivity index (χ3v) is 6.62. The van der Waals surface area contributed by atoms with Gasteiger partial charge in [0, 0.05) is 11.4 Å². The van der Waals surface area contributed by atoms with Crippen LogP contribution in [-0.2, 0) is 28.9 Å². The number of hydrogen-bond acceptors (Lipinski definition) is 7. The van der Waals surface area contributed by atoms with E-state index in [-0.39, 0.29) is 17.6 Å². The van der Waals surface area contributed by atoms with Crippen LogP contribution in [0, 0.1) is 6.92 Å². The highest BCUT2D eigenvalue weighted by atomic mass is 32.2. The number of anilines is 1. The molecule has 0 unspecified atom stereocenters. The maximum absolute atomic E-state index is 12.6. The minimum Gasteiger partial charge on any atom is -0.462 e. The Morgan fingerprint density at radius 3 is 2.89 bits per heavy atom. The van der Waals surface area contributed by atoms with Gasteiger partial charge in [-0.3, -0.25) is 4.79 Å². The predicted molar refractivity (Wildman–Crippen MR) is 111 cm³/mol. The SMILES string of the molecule is C=CCn1c(C)nnc1SCC(=O)Nc1sc2c(c1C(=O)OCC)CCCC2. The second kappa shape index (κ2) is 9.38. The monoisotopic (exact) mass is 420 g/mol. The zero-order chi connectivity index (χ0) is 20.1. The number of allylic oxidation sites excluding steroid dienone is 1. The Morgan fingerprint density at radius 2 is 2.14 bits per heavy atom. The van der Waals surface area contributed by atoms with Crippen LogP contribution in [0.1, 0.15) is 46.4 Å². The standard InChI is InChI=1S/C19H24N4O3S2/c1-4-10-23-12(3)21-22-19(23)27-11-15(24)20-17-16(18(25)26-5-2)13-8-6-7-9-14(13)28-17/h4H,1,5-11H2,2-3H3,(H,20,24). The summed E-state index contributed by atoms with van der Waals surface area (Å²) >= 11 is 2.81. The van der Waals surface area contributed by atoms with Crippen molar-refractivity contribution in [2.24, 2.45) is 0 Å². The lowest BCUT2D eigenvalue weighted by atomic mass is 9.95. The third kappa shape index (κ3) is 4.47. The van der Waals surface area contributed by atoms with Crippen molar-refractivity contribution < 1.29 is 14.3 Å². The van der Waals surface area contributed by atoms with Gasteiger partial charge in [-0.25, -0.2) is 4.79 Å². The maximum Gasteiger partial charge on any atom is 0.341 e. The summed E-state index contributed by atoms with van der Waals surface area (Å²) in [4.78, 5) is 26.2. The molecule has 2 aromatic heterocycles. The summed E-state index contributed by atoms with van der Waals surface area (Å²) in [6.45, 7) is 8.28. The van der Waals surface area contributed by atoms with Crippen LogP contribution in [-0.4, -0.2) is 39.0 Å². The Balaban J connectivity index is 1.72. The fourth-order valence-corrected chi connectivity index (χ4v) is 5.26. The number of aromatic nitrogens is 3. The molecular weight excluding hydrogens is 396 g/mol. The summed E-state index contributed by atoms with van der Waals surface area (Å²) in [6.07, 6.45) is 5.73. The molecule has 0 fully saturated rings. The number of hydrogen-bond donors (Lipinski definition) is 1. The predicted octanol–water partition coefficient (Wildman–Crippen LogP) is 3.62. The number of esters is 1. The molecule has 1 amide bonds. The van der Waals surface area contributed by atoms with Crippen molar-refractivity contribution >= 4 is 40.0 Å². The van der Waals surface area contributed by atoms with Crippen LogP contribution in [0.3, 0.4) is 0 Å². The summed E-state index contributed by atoms with van der Waals surface area (Å²) < 4.78 is 7.13. The third-order valence-electron chi connectivity index (χ3n) is 4.45. The fourth-order valence-electron chi connectivity index (χ4n) is 3.17. The molecule has 9 heteroatoms. The fraction of sp³-hybridized carbons (Fsp3) is 0.474. The van der Waals surface area contributed by atoms with E-state index in [4.69, 9.17) is 4.74 Å². The van der Waals surface area contributed by atoms with E-state index in [1.165, 1.54) is 28.0 Å². The quantitative estimate of drug-likeness (QED) is 0.399. The molecule has 0 radical (unpaired) electrons. The smallest absolute Gasteiger partial charge is 0.341 e. The molecule has 28 heavy (non-hydrogen) atoms. The topological polar surface area (TPSA) is 86.1 Å². The number of nitrogens with one attached hydrogen (secondary N) is 1. The Hall–Kier alpha value is -2.13. The largest absolute Gasteiger partial charge is 0.462 e. The highest BCUT2D eigenvalue weighted by molar-refractivity contribution is 7.99. The van der Waals surface area contributed by atoms with Crippen LogP contribution in [0.2, 0.25) is 0 Å². The van der Waals surface area contributed by atoms with Gasteiger partial charge in [0.2, 0.25) is 5.91 Å². The van der Waals surface area contributed by atoms with Crippen molar-refractivity contribution in [3.63, 3.8) is 0 Å². The van der Waals surface area contributed by atoms with E-state index in [1.807, 2.05) is 11.5 Å². The van der Waals surface area contributed by atoms with Crippen LogP contribution in [0.15, 0.2) is 17.8 Å². The molecule has 2 aromatic rings. The molecule has 0 aliphatic heterocycles. The molecule has 1 N–H and O–H groups in total. The summed E-state index contributed by atoms with van der Waals surface area (Å²) in [7, 11) is 0. The number of carbonyl (C=O) groups is 2. The van der Waals surface area contributed by atoms with E-state index in [0.29, 0.717) is 28.9 Å². The molecule has 0 spiro atoms. The molecule has 0 bridgehead atoms. The Kier molecular flexibility index (Phi) is 6.90. The normalized spacial score (nSPS) is 13.1. The van der Waals surface area contributed by atoms with Crippen LogP contribution in [0.25, 0.3) is 0 Å². The Labute approximate surface area is 172 Å². The van der Waals surface area contributed by atoms with Crippen molar-refractivity contribution in [2.45, 2.75) is 51.2 Å². The van der Waals surface area contributed by atoms with Gasteiger partial charge in [0.25, 0.3) is 0 Å². The molecular formula is C19H24N4O3S2. The minimum atomic E-state index is -0.355. The summed E-state index contributed by atoms with van der Waals surface area (Å²) in [5.41, 5.74) is 1.57. The average molecular weight is 421 g/mol. The lowest BCUT2D eigenvalue weighted by Gasteiger charge is -2.12. The number of ether oxygens (including phenoxy) is 1. The summed E-state index contributed by atoms with van der Waals surface area (Å²) in [5.74, 6) is 0.421. The van der Waals surface area contributed by atoms with Gasteiger partial charge in [0.1, 0.15) is 10.8 Å². The van der Waals surface area contributed by atoms with Gasteiger partial charge in [0.05, 0.1) is 17.9 Å². The molecule has 0 saturated heterocycles. The van der Waals surface area contributed by atoms with Crippen molar-refractivity contribution in [1.29, 1.82) is 0 Å². The van der Waals surface area contributed by atoms with E-state index in [1.54, 1.807) is 13.0 Å². The molecule has 1 aliphatic rings. The van der Waals surface area contributed by atoms with E-state index in [0.717, 1.165) is 37.1 Å². The van der Waals surface area contributed by atoms with Crippen LogP contribution in [0.4, 0.5) is 5.00 Å². The van der Waals surface area contributed by atoms with Gasteiger partial charge in [0.15, 0.2) is 5.16 Å². The van der Waals surface area contributed by atoms with E-state index in [9.17, 15) is 9.59 Å². The zero-order valence-corrected chi connectivity index (χ0v) is 17.8. The first-order chi connectivity index (χ1) is 13.5. The number of carbonyl (C=O) groups excluding carboxylic acids is 2. The average Bonchev–Trinajstić information content (AvgIpc) is 3.21. The maximum atomic E-state index is 12.6. The summed E-state index contributed by atoms with van der Waals surface area (Å²) in [6, 6.07) is 0. The van der Waals surface area contributed by atoms with Gasteiger partial charge in [-0.1, -0.05) is 17.8 Å². The Bertz CT molecular complexity index is 888. The van der Waals surface area contributed by atoms with Gasteiger partial charge in [-0.15, -0.1) is 28.1 Å². The highest BCUT2D eigenvalue weighted by Gasteiger charge is 2.27. The molecule has 0 aromatic carbocycles. The molecule has 1 aliphatic carbocycles. The number of fused-ring (bicyclic) bond motifs is 1. The van der Waals surface area contributed by atoms with Crippen molar-refractivity contribution in [2.75, 3.05) is 17.7 Å².